The van der Waals surface area contributed by atoms with Crippen molar-refractivity contribution < 1.29 is 24.2 Å². The Balaban J connectivity index is 2.13. The van der Waals surface area contributed by atoms with E-state index in [-0.39, 0.29) is 18.5 Å². The highest BCUT2D eigenvalue weighted by Crippen LogP contribution is 2.24. The zero-order chi connectivity index (χ0) is 15.7. The maximum atomic E-state index is 11.5. The van der Waals surface area contributed by atoms with E-state index >= 15 is 0 Å². The van der Waals surface area contributed by atoms with Crippen molar-refractivity contribution in [3.05, 3.63) is 0 Å². The summed E-state index contributed by atoms with van der Waals surface area (Å²) in [5, 5.41) is 16.6. The quantitative estimate of drug-likeness (QED) is 0.479. The summed E-state index contributed by atoms with van der Waals surface area (Å²) in [6.07, 6.45) is 2.69. The van der Waals surface area contributed by atoms with Crippen molar-refractivity contribution in [2.24, 2.45) is 5.92 Å². The minimum atomic E-state index is -0.751. The van der Waals surface area contributed by atoms with Crippen LogP contribution in [0.2, 0.25) is 0 Å². The minimum absolute atomic E-state index is 0.0418. The number of methoxy groups -OCH3 is 1. The Morgan fingerprint density at radius 2 is 1.86 bits per heavy atom. The number of amides is 3. The first-order valence-corrected chi connectivity index (χ1v) is 7.05. The molecular weight excluding hydrogens is 278 g/mol. The minimum Gasteiger partial charge on any atom is -0.481 e. The average molecular weight is 301 g/mol. The van der Waals surface area contributed by atoms with Crippen LogP contribution in [0.3, 0.4) is 0 Å². The molecule has 0 atom stereocenters. The van der Waals surface area contributed by atoms with E-state index in [1.807, 2.05) is 0 Å². The molecule has 1 aliphatic carbocycles. The number of ether oxygens (including phenoxy) is 1. The van der Waals surface area contributed by atoms with Crippen LogP contribution in [0.15, 0.2) is 0 Å². The first-order chi connectivity index (χ1) is 10.0. The number of nitrogens with one attached hydrogen (secondary N) is 3. The van der Waals surface area contributed by atoms with Crippen molar-refractivity contribution in [3.63, 3.8) is 0 Å². The molecule has 0 spiro atoms. The van der Waals surface area contributed by atoms with Crippen LogP contribution in [0.4, 0.5) is 4.79 Å². The highest BCUT2D eigenvalue weighted by atomic mass is 16.5. The third-order valence-corrected chi connectivity index (χ3v) is 3.47. The Hall–Kier alpha value is -1.67. The Bertz CT molecular complexity index is 367. The van der Waals surface area contributed by atoms with Crippen LogP contribution < -0.4 is 16.0 Å². The van der Waals surface area contributed by atoms with E-state index < -0.39 is 17.9 Å². The zero-order valence-electron chi connectivity index (χ0n) is 12.2. The van der Waals surface area contributed by atoms with Crippen molar-refractivity contribution >= 4 is 17.9 Å². The lowest BCUT2D eigenvalue weighted by Crippen LogP contribution is -2.46. The van der Waals surface area contributed by atoms with E-state index in [1.165, 1.54) is 7.11 Å². The Kier molecular flexibility index (Phi) is 7.70. The van der Waals surface area contributed by atoms with Crippen LogP contribution in [0.1, 0.15) is 25.7 Å². The standard InChI is InChI=1S/C13H23N3O5/c1-21-7-6-14-13(20)16-11(17)8-15-10-4-2-9(3-5-10)12(18)19/h9-10,15H,2-8H2,1H3,(H,18,19)(H2,14,16,17,20). The van der Waals surface area contributed by atoms with E-state index in [1.54, 1.807) is 0 Å². The summed E-state index contributed by atoms with van der Waals surface area (Å²) in [5.74, 6) is -1.44. The van der Waals surface area contributed by atoms with Gasteiger partial charge in [0.15, 0.2) is 0 Å². The van der Waals surface area contributed by atoms with Gasteiger partial charge in [0.1, 0.15) is 0 Å². The normalized spacial score (nSPS) is 21.6. The maximum absolute atomic E-state index is 11.5. The van der Waals surface area contributed by atoms with Gasteiger partial charge in [-0.1, -0.05) is 0 Å². The van der Waals surface area contributed by atoms with Crippen LogP contribution in [-0.4, -0.2) is 55.9 Å². The maximum Gasteiger partial charge on any atom is 0.321 e. The number of hydrogen-bond donors (Lipinski definition) is 4. The van der Waals surface area contributed by atoms with Gasteiger partial charge in [0, 0.05) is 19.7 Å². The summed E-state index contributed by atoms with van der Waals surface area (Å²) in [6.45, 7) is 0.759. The molecule has 8 heteroatoms. The molecule has 0 radical (unpaired) electrons. The van der Waals surface area contributed by atoms with Gasteiger partial charge in [-0.2, -0.15) is 0 Å². The van der Waals surface area contributed by atoms with Crippen LogP contribution in [0.5, 0.6) is 0 Å². The molecule has 0 heterocycles. The number of carboxylic acid groups (broad SMARTS) is 1. The van der Waals surface area contributed by atoms with Crippen molar-refractivity contribution in [3.8, 4) is 0 Å². The topological polar surface area (TPSA) is 117 Å². The van der Waals surface area contributed by atoms with Crippen LogP contribution >= 0.6 is 0 Å². The van der Waals surface area contributed by atoms with E-state index in [4.69, 9.17) is 9.84 Å². The lowest BCUT2D eigenvalue weighted by atomic mass is 9.86. The summed E-state index contributed by atoms with van der Waals surface area (Å²) < 4.78 is 4.77. The van der Waals surface area contributed by atoms with Gasteiger partial charge in [0.05, 0.1) is 19.1 Å². The summed E-state index contributed by atoms with van der Waals surface area (Å²) >= 11 is 0. The monoisotopic (exact) mass is 301 g/mol. The van der Waals surface area contributed by atoms with Crippen molar-refractivity contribution in [2.75, 3.05) is 26.8 Å². The van der Waals surface area contributed by atoms with Gasteiger partial charge in [-0.3, -0.25) is 14.9 Å². The van der Waals surface area contributed by atoms with Crippen molar-refractivity contribution in [1.29, 1.82) is 0 Å². The molecule has 0 aromatic rings. The predicted molar refractivity (Wildman–Crippen MR) is 74.8 cm³/mol. The number of hydrogen-bond acceptors (Lipinski definition) is 5. The summed E-state index contributed by atoms with van der Waals surface area (Å²) in [4.78, 5) is 33.7. The fraction of sp³-hybridized carbons (Fsp3) is 0.769. The van der Waals surface area contributed by atoms with E-state index in [9.17, 15) is 14.4 Å². The highest BCUT2D eigenvalue weighted by molar-refractivity contribution is 5.95. The second-order valence-electron chi connectivity index (χ2n) is 5.06. The number of imide groups is 1. The highest BCUT2D eigenvalue weighted by Gasteiger charge is 2.25. The summed E-state index contributed by atoms with van der Waals surface area (Å²) in [6, 6.07) is -0.420. The molecule has 120 valence electrons. The van der Waals surface area contributed by atoms with E-state index in [2.05, 4.69) is 16.0 Å². The molecule has 0 bridgehead atoms. The van der Waals surface area contributed by atoms with Gasteiger partial charge in [-0.05, 0) is 25.7 Å². The molecule has 0 unspecified atom stereocenters. The van der Waals surface area contributed by atoms with Gasteiger partial charge in [0.25, 0.3) is 0 Å². The summed E-state index contributed by atoms with van der Waals surface area (Å²) in [5.41, 5.74) is 0. The SMILES string of the molecule is COCCNC(=O)NC(=O)CNC1CCC(C(=O)O)CC1. The fourth-order valence-corrected chi connectivity index (χ4v) is 2.26. The molecular formula is C13H23N3O5. The molecule has 1 rings (SSSR count). The van der Waals surface area contributed by atoms with Crippen molar-refractivity contribution in [1.82, 2.24) is 16.0 Å². The van der Waals surface area contributed by atoms with E-state index in [0.29, 0.717) is 26.0 Å². The van der Waals surface area contributed by atoms with Gasteiger partial charge >= 0.3 is 12.0 Å². The molecule has 0 aromatic carbocycles. The number of carbonyl (C=O) groups is 3. The molecule has 0 aromatic heterocycles. The molecule has 3 amide bonds. The number of carboxylic acids is 1. The zero-order valence-corrected chi connectivity index (χ0v) is 12.2. The smallest absolute Gasteiger partial charge is 0.321 e. The molecule has 8 nitrogen and oxygen atoms in total. The van der Waals surface area contributed by atoms with Crippen LogP contribution in [-0.2, 0) is 14.3 Å². The Morgan fingerprint density at radius 3 is 2.43 bits per heavy atom. The molecule has 1 aliphatic rings. The third kappa shape index (κ3) is 7.05. The average Bonchev–Trinajstić information content (AvgIpc) is 2.46. The van der Waals surface area contributed by atoms with Crippen LogP contribution in [0.25, 0.3) is 0 Å². The predicted octanol–water partition coefficient (Wildman–Crippen LogP) is -0.308. The number of carbonyl (C=O) groups excluding carboxylic acids is 2. The summed E-state index contributed by atoms with van der Waals surface area (Å²) in [7, 11) is 1.52. The molecule has 4 N–H and O–H groups in total. The first kappa shape index (κ1) is 17.4. The van der Waals surface area contributed by atoms with Gasteiger partial charge in [-0.25, -0.2) is 4.79 Å². The Morgan fingerprint density at radius 1 is 1.19 bits per heavy atom. The Labute approximate surface area is 123 Å². The fourth-order valence-electron chi connectivity index (χ4n) is 2.26. The second kappa shape index (κ2) is 9.30. The molecule has 1 fully saturated rings. The largest absolute Gasteiger partial charge is 0.481 e. The number of rotatable bonds is 7. The number of urea groups is 1. The van der Waals surface area contributed by atoms with Crippen LogP contribution in [0, 0.1) is 5.92 Å². The lowest BCUT2D eigenvalue weighted by Gasteiger charge is -2.26. The lowest BCUT2D eigenvalue weighted by molar-refractivity contribution is -0.143. The second-order valence-corrected chi connectivity index (χ2v) is 5.06. The van der Waals surface area contributed by atoms with Gasteiger partial charge < -0.3 is 20.5 Å². The van der Waals surface area contributed by atoms with Gasteiger partial charge in [0.2, 0.25) is 5.91 Å². The third-order valence-electron chi connectivity index (χ3n) is 3.47. The van der Waals surface area contributed by atoms with E-state index in [0.717, 1.165) is 12.8 Å². The molecule has 0 saturated heterocycles. The first-order valence-electron chi connectivity index (χ1n) is 7.05. The molecule has 1 saturated carbocycles. The van der Waals surface area contributed by atoms with Gasteiger partial charge in [-0.15, -0.1) is 0 Å². The molecule has 21 heavy (non-hydrogen) atoms. The van der Waals surface area contributed by atoms with Crippen molar-refractivity contribution in [2.45, 2.75) is 31.7 Å². The number of aliphatic carboxylic acids is 1. The molecule has 0 aliphatic heterocycles.